The first-order valence-electron chi connectivity index (χ1n) is 9.35. The molecule has 1 aromatic carbocycles. The van der Waals surface area contributed by atoms with Gasteiger partial charge in [-0.25, -0.2) is 22.9 Å². The third kappa shape index (κ3) is 4.89. The lowest BCUT2D eigenvalue weighted by atomic mass is 10.2. The van der Waals surface area contributed by atoms with Crippen LogP contribution >= 0.6 is 0 Å². The minimum Gasteiger partial charge on any atom is -0.450 e. The second-order valence-electron chi connectivity index (χ2n) is 6.69. The van der Waals surface area contributed by atoms with Gasteiger partial charge in [0.1, 0.15) is 6.54 Å². The molecule has 0 bridgehead atoms. The maximum atomic E-state index is 12.8. The fourth-order valence-electron chi connectivity index (χ4n) is 2.99. The van der Waals surface area contributed by atoms with E-state index in [2.05, 4.69) is 10.3 Å². The number of imide groups is 1. The van der Waals surface area contributed by atoms with E-state index in [1.165, 1.54) is 18.5 Å². The molecule has 1 fully saturated rings. The number of amides is 4. The minimum absolute atomic E-state index is 0.0896. The zero-order valence-electron chi connectivity index (χ0n) is 17.0. The molecule has 0 spiro atoms. The van der Waals surface area contributed by atoms with Crippen LogP contribution in [0.1, 0.15) is 12.5 Å². The van der Waals surface area contributed by atoms with Crippen molar-refractivity contribution >= 4 is 39.2 Å². The standard InChI is InChI=1S/C19H17F3N4O6S/c1-2-32-17(28)24-15-9-23-8-7-12(15)10-25-11-16(27)26(18(25)29)13-3-5-14(6-4-13)33(30,31)19(20,21)22/h3-9H,2,10-11H2,1H3,(H,24,28). The Kier molecular flexibility index (Phi) is 6.58. The van der Waals surface area contributed by atoms with E-state index < -0.39 is 38.3 Å². The van der Waals surface area contributed by atoms with Crippen LogP contribution in [-0.4, -0.2) is 55.0 Å². The number of halogens is 3. The molecular formula is C19H17F3N4O6S. The summed E-state index contributed by atoms with van der Waals surface area (Å²) < 4.78 is 65.9. The largest absolute Gasteiger partial charge is 0.501 e. The molecule has 4 amide bonds. The molecule has 176 valence electrons. The van der Waals surface area contributed by atoms with Crippen molar-refractivity contribution in [2.75, 3.05) is 23.4 Å². The number of rotatable bonds is 6. The molecule has 0 saturated carbocycles. The number of anilines is 2. The number of hydrogen-bond donors (Lipinski definition) is 1. The van der Waals surface area contributed by atoms with Gasteiger partial charge in [0.15, 0.2) is 0 Å². The summed E-state index contributed by atoms with van der Waals surface area (Å²) in [4.78, 5) is 41.7. The number of pyridine rings is 1. The molecule has 10 nitrogen and oxygen atoms in total. The van der Waals surface area contributed by atoms with Gasteiger partial charge in [-0.3, -0.25) is 15.1 Å². The minimum atomic E-state index is -5.56. The Labute approximate surface area is 185 Å². The van der Waals surface area contributed by atoms with Crippen LogP contribution in [0.3, 0.4) is 0 Å². The molecule has 2 heterocycles. The second-order valence-corrected chi connectivity index (χ2v) is 8.63. The van der Waals surface area contributed by atoms with Crippen LogP contribution in [0.2, 0.25) is 0 Å². The predicted molar refractivity (Wildman–Crippen MR) is 108 cm³/mol. The smallest absolute Gasteiger partial charge is 0.450 e. The third-order valence-electron chi connectivity index (χ3n) is 4.53. The van der Waals surface area contributed by atoms with Crippen LogP contribution < -0.4 is 10.2 Å². The summed E-state index contributed by atoms with van der Waals surface area (Å²) in [5.41, 5.74) is -4.86. The molecule has 1 N–H and O–H groups in total. The Balaban J connectivity index is 1.79. The van der Waals surface area contributed by atoms with E-state index in [0.29, 0.717) is 17.7 Å². The normalized spacial score (nSPS) is 14.5. The topological polar surface area (TPSA) is 126 Å². The number of sulfone groups is 1. The van der Waals surface area contributed by atoms with Gasteiger partial charge in [-0.15, -0.1) is 0 Å². The fourth-order valence-corrected chi connectivity index (χ4v) is 3.75. The van der Waals surface area contributed by atoms with Crippen LogP contribution in [0, 0.1) is 0 Å². The van der Waals surface area contributed by atoms with E-state index in [1.54, 1.807) is 6.92 Å². The summed E-state index contributed by atoms with van der Waals surface area (Å²) in [5, 5.41) is 2.48. The van der Waals surface area contributed by atoms with Crippen molar-refractivity contribution in [1.29, 1.82) is 0 Å². The number of carbonyl (C=O) groups excluding carboxylic acids is 3. The van der Waals surface area contributed by atoms with E-state index in [0.717, 1.165) is 21.9 Å². The van der Waals surface area contributed by atoms with Crippen LogP contribution in [0.4, 0.5) is 34.1 Å². The van der Waals surface area contributed by atoms with Gasteiger partial charge in [-0.1, -0.05) is 0 Å². The average Bonchev–Trinajstić information content (AvgIpc) is 3.02. The summed E-state index contributed by atoms with van der Waals surface area (Å²) in [6.45, 7) is 1.32. The van der Waals surface area contributed by atoms with Crippen molar-refractivity contribution in [3.63, 3.8) is 0 Å². The van der Waals surface area contributed by atoms with E-state index in [4.69, 9.17) is 4.74 Å². The van der Waals surface area contributed by atoms with E-state index in [-0.39, 0.29) is 31.1 Å². The number of carbonyl (C=O) groups is 3. The first kappa shape index (κ1) is 24.0. The van der Waals surface area contributed by atoms with E-state index in [9.17, 15) is 36.0 Å². The molecule has 0 aliphatic carbocycles. The highest BCUT2D eigenvalue weighted by atomic mass is 32.2. The lowest BCUT2D eigenvalue weighted by Gasteiger charge is -2.19. The molecule has 1 aliphatic heterocycles. The zero-order valence-corrected chi connectivity index (χ0v) is 17.8. The van der Waals surface area contributed by atoms with Gasteiger partial charge in [0, 0.05) is 6.20 Å². The van der Waals surface area contributed by atoms with Gasteiger partial charge < -0.3 is 9.64 Å². The zero-order chi connectivity index (χ0) is 24.4. The number of benzene rings is 1. The summed E-state index contributed by atoms with van der Waals surface area (Å²) >= 11 is 0. The summed E-state index contributed by atoms with van der Waals surface area (Å²) in [6, 6.07) is 3.98. The molecular weight excluding hydrogens is 469 g/mol. The van der Waals surface area contributed by atoms with Crippen LogP contribution in [0.15, 0.2) is 47.6 Å². The maximum absolute atomic E-state index is 12.8. The first-order valence-corrected chi connectivity index (χ1v) is 10.8. The van der Waals surface area contributed by atoms with Crippen LogP contribution in [0.25, 0.3) is 0 Å². The monoisotopic (exact) mass is 486 g/mol. The van der Waals surface area contributed by atoms with Crippen molar-refractivity contribution in [1.82, 2.24) is 9.88 Å². The van der Waals surface area contributed by atoms with Crippen LogP contribution in [0.5, 0.6) is 0 Å². The number of hydrogen-bond acceptors (Lipinski definition) is 7. The third-order valence-corrected chi connectivity index (χ3v) is 6.03. The number of aromatic nitrogens is 1. The van der Waals surface area contributed by atoms with Gasteiger partial charge in [0.25, 0.3) is 15.7 Å². The highest BCUT2D eigenvalue weighted by Crippen LogP contribution is 2.32. The Bertz CT molecular complexity index is 1180. The lowest BCUT2D eigenvalue weighted by molar-refractivity contribution is -0.116. The van der Waals surface area contributed by atoms with Gasteiger partial charge >= 0.3 is 17.6 Å². The SMILES string of the molecule is CCOC(=O)Nc1cnccc1CN1CC(=O)N(c2ccc(S(=O)(=O)C(F)(F)F)cc2)C1=O. The quantitative estimate of drug-likeness (QED) is 0.622. The number of urea groups is 1. The van der Waals surface area contributed by atoms with Gasteiger partial charge in [0.05, 0.1) is 35.6 Å². The van der Waals surface area contributed by atoms with Crippen molar-refractivity contribution in [3.8, 4) is 0 Å². The molecule has 1 aromatic heterocycles. The van der Waals surface area contributed by atoms with Crippen molar-refractivity contribution in [3.05, 3.63) is 48.3 Å². The van der Waals surface area contributed by atoms with Crippen molar-refractivity contribution < 1.29 is 40.7 Å². The number of ether oxygens (including phenoxy) is 1. The molecule has 14 heteroatoms. The predicted octanol–water partition coefficient (Wildman–Crippen LogP) is 2.91. The Morgan fingerprint density at radius 2 is 1.85 bits per heavy atom. The lowest BCUT2D eigenvalue weighted by Crippen LogP contribution is -2.33. The fraction of sp³-hybridized carbons (Fsp3) is 0.263. The first-order chi connectivity index (χ1) is 15.5. The molecule has 3 rings (SSSR count). The maximum Gasteiger partial charge on any atom is 0.501 e. The number of nitrogens with one attached hydrogen (secondary N) is 1. The Morgan fingerprint density at radius 3 is 2.45 bits per heavy atom. The summed E-state index contributed by atoms with van der Waals surface area (Å²) in [5.74, 6) is -0.666. The highest BCUT2D eigenvalue weighted by molar-refractivity contribution is 7.92. The van der Waals surface area contributed by atoms with E-state index in [1.807, 2.05) is 0 Å². The Hall–Kier alpha value is -3.68. The van der Waals surface area contributed by atoms with Gasteiger partial charge in [0.2, 0.25) is 0 Å². The molecule has 1 aliphatic rings. The van der Waals surface area contributed by atoms with Gasteiger partial charge in [-0.05, 0) is 42.8 Å². The molecule has 2 aromatic rings. The number of alkyl halides is 3. The van der Waals surface area contributed by atoms with E-state index >= 15 is 0 Å². The average molecular weight is 486 g/mol. The van der Waals surface area contributed by atoms with Gasteiger partial charge in [-0.2, -0.15) is 13.2 Å². The van der Waals surface area contributed by atoms with Crippen LogP contribution in [-0.2, 0) is 25.9 Å². The molecule has 0 unspecified atom stereocenters. The summed E-state index contributed by atoms with van der Waals surface area (Å²) in [6.07, 6.45) is 2.03. The second kappa shape index (κ2) is 9.05. The highest BCUT2D eigenvalue weighted by Gasteiger charge is 2.47. The molecule has 0 atom stereocenters. The molecule has 0 radical (unpaired) electrons. The molecule has 33 heavy (non-hydrogen) atoms. The van der Waals surface area contributed by atoms with Crippen molar-refractivity contribution in [2.24, 2.45) is 0 Å². The Morgan fingerprint density at radius 1 is 1.18 bits per heavy atom. The molecule has 1 saturated heterocycles. The number of nitrogens with zero attached hydrogens (tertiary/aromatic N) is 3. The summed E-state index contributed by atoms with van der Waals surface area (Å²) in [7, 11) is -5.56. The van der Waals surface area contributed by atoms with Crippen molar-refractivity contribution in [2.45, 2.75) is 23.9 Å².